The third kappa shape index (κ3) is 11.7. The zero-order chi connectivity index (χ0) is 20.3. The van der Waals surface area contributed by atoms with Gasteiger partial charge in [-0.3, -0.25) is 14.4 Å². The van der Waals surface area contributed by atoms with Gasteiger partial charge in [-0.05, 0) is 0 Å². The van der Waals surface area contributed by atoms with Crippen LogP contribution in [0.25, 0.3) is 0 Å². The van der Waals surface area contributed by atoms with E-state index in [4.69, 9.17) is 35.7 Å². The highest BCUT2D eigenvalue weighted by Gasteiger charge is 2.33. The van der Waals surface area contributed by atoms with Gasteiger partial charge in [0.15, 0.2) is 6.10 Å². The monoisotopic (exact) mass is 366 g/mol. The second kappa shape index (κ2) is 11.1. The molecule has 0 aromatic carbocycles. The molecule has 0 aromatic rings. The Balaban J connectivity index is 0. The van der Waals surface area contributed by atoms with Crippen LogP contribution in [-0.4, -0.2) is 77.7 Å². The van der Waals surface area contributed by atoms with E-state index in [9.17, 15) is 28.8 Å². The van der Waals surface area contributed by atoms with Crippen LogP contribution in [-0.2, 0) is 28.8 Å². The number of carbonyl (C=O) groups is 6. The van der Waals surface area contributed by atoms with Gasteiger partial charge >= 0.3 is 35.8 Å². The van der Waals surface area contributed by atoms with Crippen LogP contribution in [0.5, 0.6) is 0 Å². The van der Waals surface area contributed by atoms with Gasteiger partial charge in [0, 0.05) is 6.08 Å². The van der Waals surface area contributed by atoms with Crippen LogP contribution < -0.4 is 0 Å². The van der Waals surface area contributed by atoms with Crippen LogP contribution in [0.3, 0.4) is 0 Å². The first-order chi connectivity index (χ1) is 11.3. The highest BCUT2D eigenvalue weighted by molar-refractivity contribution is 5.98. The van der Waals surface area contributed by atoms with E-state index in [1.54, 1.807) is 0 Å². The average molecular weight is 366 g/mol. The maximum atomic E-state index is 10.3. The number of rotatable bonds is 9. The lowest BCUT2D eigenvalue weighted by Crippen LogP contribution is -2.36. The summed E-state index contributed by atoms with van der Waals surface area (Å²) in [5.74, 6) is -11.1. The number of carboxylic acid groups (broad SMARTS) is 6. The molecule has 140 valence electrons. The van der Waals surface area contributed by atoms with Crippen molar-refractivity contribution in [2.75, 3.05) is 0 Å². The van der Waals surface area contributed by atoms with Crippen molar-refractivity contribution in [2.24, 2.45) is 5.92 Å². The number of aliphatic hydroxyl groups excluding tert-OH is 1. The molecule has 2 atom stereocenters. The molecule has 2 unspecified atom stereocenters. The van der Waals surface area contributed by atoms with E-state index in [2.05, 4.69) is 0 Å². The minimum Gasteiger partial charge on any atom is -0.481 e. The summed E-state index contributed by atoms with van der Waals surface area (Å²) in [4.78, 5) is 60.6. The van der Waals surface area contributed by atoms with Crippen molar-refractivity contribution >= 4 is 35.8 Å². The van der Waals surface area contributed by atoms with Gasteiger partial charge in [0.1, 0.15) is 5.92 Å². The van der Waals surface area contributed by atoms with E-state index < -0.39 is 66.3 Å². The van der Waals surface area contributed by atoms with Crippen LogP contribution in [0.2, 0.25) is 0 Å². The Morgan fingerprint density at radius 3 is 1.48 bits per heavy atom. The van der Waals surface area contributed by atoms with Crippen LogP contribution in [0.15, 0.2) is 11.6 Å². The summed E-state index contributed by atoms with van der Waals surface area (Å²) in [7, 11) is 0. The molecule has 13 nitrogen and oxygen atoms in total. The van der Waals surface area contributed by atoms with Crippen molar-refractivity contribution in [3.05, 3.63) is 11.6 Å². The Labute approximate surface area is 138 Å². The van der Waals surface area contributed by atoms with E-state index in [1.165, 1.54) is 0 Å². The third-order valence-corrected chi connectivity index (χ3v) is 2.26. The maximum absolute atomic E-state index is 10.3. The number of hydrogen-bond acceptors (Lipinski definition) is 7. The summed E-state index contributed by atoms with van der Waals surface area (Å²) >= 11 is 0. The molecule has 0 saturated carbocycles. The minimum atomic E-state index is -2.20. The van der Waals surface area contributed by atoms with Crippen molar-refractivity contribution < 1.29 is 64.5 Å². The maximum Gasteiger partial charge on any atom is 0.333 e. The fourth-order valence-corrected chi connectivity index (χ4v) is 1.19. The molecular weight excluding hydrogens is 352 g/mol. The molecule has 0 rings (SSSR count). The van der Waals surface area contributed by atoms with E-state index >= 15 is 0 Å². The summed E-state index contributed by atoms with van der Waals surface area (Å²) in [5.41, 5.74) is -0.657. The van der Waals surface area contributed by atoms with E-state index in [0.717, 1.165) is 0 Å². The van der Waals surface area contributed by atoms with Crippen molar-refractivity contribution in [3.8, 4) is 0 Å². The molecule has 0 spiro atoms. The van der Waals surface area contributed by atoms with Crippen LogP contribution in [0.1, 0.15) is 12.8 Å². The first kappa shape index (κ1) is 23.8. The van der Waals surface area contributed by atoms with E-state index in [1.807, 2.05) is 0 Å². The summed E-state index contributed by atoms with van der Waals surface area (Å²) in [6, 6.07) is 0. The fraction of sp³-hybridized carbons (Fsp3) is 0.333. The molecule has 0 aromatic heterocycles. The topological polar surface area (TPSA) is 244 Å². The Morgan fingerprint density at radius 1 is 0.760 bits per heavy atom. The summed E-state index contributed by atoms with van der Waals surface area (Å²) in [6.45, 7) is 0. The molecule has 0 amide bonds. The number of hydrogen-bond donors (Lipinski definition) is 7. The van der Waals surface area contributed by atoms with Gasteiger partial charge in [-0.2, -0.15) is 0 Å². The molecule has 0 radical (unpaired) electrons. The van der Waals surface area contributed by atoms with Gasteiger partial charge in [-0.1, -0.05) is 0 Å². The Hall–Kier alpha value is -3.48. The second-order valence-electron chi connectivity index (χ2n) is 4.21. The zero-order valence-electron chi connectivity index (χ0n) is 12.2. The molecule has 25 heavy (non-hydrogen) atoms. The molecular formula is C12H14O13. The number of aliphatic carboxylic acids is 6. The minimum absolute atomic E-state index is 0.358. The Kier molecular flexibility index (Phi) is 10.6. The van der Waals surface area contributed by atoms with Crippen molar-refractivity contribution in [1.29, 1.82) is 0 Å². The Bertz CT molecular complexity index is 588. The molecule has 0 aliphatic carbocycles. The highest BCUT2D eigenvalue weighted by atomic mass is 16.4. The van der Waals surface area contributed by atoms with Gasteiger partial charge in [-0.25, -0.2) is 14.4 Å². The molecule has 0 aliphatic rings. The molecule has 0 fully saturated rings. The molecule has 13 heteroatoms. The van der Waals surface area contributed by atoms with Crippen LogP contribution in [0, 0.1) is 5.92 Å². The lowest BCUT2D eigenvalue weighted by atomic mass is 9.99. The van der Waals surface area contributed by atoms with E-state index in [0.29, 0.717) is 6.08 Å². The van der Waals surface area contributed by atoms with Gasteiger partial charge in [0.05, 0.1) is 18.4 Å². The van der Waals surface area contributed by atoms with Gasteiger partial charge in [-0.15, -0.1) is 0 Å². The summed E-state index contributed by atoms with van der Waals surface area (Å²) in [6.07, 6.45) is -3.57. The third-order valence-electron chi connectivity index (χ3n) is 2.26. The average Bonchev–Trinajstić information content (AvgIpc) is 2.42. The van der Waals surface area contributed by atoms with Gasteiger partial charge in [0.2, 0.25) is 0 Å². The lowest BCUT2D eigenvalue weighted by Gasteiger charge is -2.12. The zero-order valence-corrected chi connectivity index (χ0v) is 12.2. The molecule has 7 N–H and O–H groups in total. The quantitative estimate of drug-likeness (QED) is 0.222. The largest absolute Gasteiger partial charge is 0.481 e. The molecule has 0 bridgehead atoms. The first-order valence-corrected chi connectivity index (χ1v) is 6.03. The first-order valence-electron chi connectivity index (χ1n) is 6.03. The summed E-state index contributed by atoms with van der Waals surface area (Å²) < 4.78 is 0. The van der Waals surface area contributed by atoms with Crippen molar-refractivity contribution in [1.82, 2.24) is 0 Å². The number of aliphatic hydroxyl groups is 1. The van der Waals surface area contributed by atoms with Crippen LogP contribution in [0.4, 0.5) is 0 Å². The highest BCUT2D eigenvalue weighted by Crippen LogP contribution is 2.09. The fourth-order valence-electron chi connectivity index (χ4n) is 1.19. The van der Waals surface area contributed by atoms with Gasteiger partial charge < -0.3 is 35.7 Å². The normalized spacial score (nSPS) is 12.8. The lowest BCUT2D eigenvalue weighted by molar-refractivity contribution is -0.162. The predicted octanol–water partition coefficient (Wildman–Crippen LogP) is -1.84. The Morgan fingerprint density at radius 2 is 1.24 bits per heavy atom. The predicted molar refractivity (Wildman–Crippen MR) is 72.6 cm³/mol. The molecule has 0 saturated heterocycles. The number of carboxylic acids is 6. The molecule has 0 heterocycles. The second-order valence-corrected chi connectivity index (χ2v) is 4.21. The van der Waals surface area contributed by atoms with Crippen LogP contribution >= 0.6 is 0 Å². The SMILES string of the molecule is O=C(O)C=C(CC(=O)O)C(=O)O.O=C(O)CC(C(=O)O)C(O)C(=O)O. The van der Waals surface area contributed by atoms with Crippen molar-refractivity contribution in [3.63, 3.8) is 0 Å². The summed E-state index contributed by atoms with van der Waals surface area (Å²) in [5, 5.41) is 58.1. The standard InChI is InChI=1S/C6H8O7.C6H6O6/c7-3(8)1-2(5(10)11)4(9)6(12)13;7-4(8)1-3(6(11)12)2-5(9)10/h2,4,9H,1H2,(H,7,8)(H,10,11)(H,12,13);1H,2H2,(H,7,8)(H,9,10)(H,11,12). The molecule has 0 aliphatic heterocycles. The van der Waals surface area contributed by atoms with Crippen molar-refractivity contribution in [2.45, 2.75) is 18.9 Å². The van der Waals surface area contributed by atoms with Gasteiger partial charge in [0.25, 0.3) is 0 Å². The smallest absolute Gasteiger partial charge is 0.333 e. The van der Waals surface area contributed by atoms with E-state index in [-0.39, 0.29) is 0 Å².